The monoisotopic (exact) mass is 681 g/mol. The number of rotatable bonds is 9. The van der Waals surface area contributed by atoms with Crippen molar-refractivity contribution in [1.29, 1.82) is 0 Å². The van der Waals surface area contributed by atoms with Crippen LogP contribution in [0.3, 0.4) is 0 Å². The molecular weight excluding hydrogens is 646 g/mol. The van der Waals surface area contributed by atoms with Crippen molar-refractivity contribution in [3.63, 3.8) is 0 Å². The molecule has 1 aromatic heterocycles. The first-order valence-electron chi connectivity index (χ1n) is 15.1. The number of hydrogen-bond donors (Lipinski definition) is 2. The Morgan fingerprint density at radius 1 is 0.848 bits per heavy atom. The molecule has 2 saturated heterocycles. The lowest BCUT2D eigenvalue weighted by molar-refractivity contribution is -0.378. The molecule has 2 aliphatic heterocycles. The maximum absolute atomic E-state index is 13.1. The minimum absolute atomic E-state index is 0. The Labute approximate surface area is 277 Å². The Morgan fingerprint density at radius 2 is 1.52 bits per heavy atom. The number of nitrogens with zero attached hydrogens (tertiary/aromatic N) is 3. The fourth-order valence-corrected chi connectivity index (χ4v) is 8.48. The summed E-state index contributed by atoms with van der Waals surface area (Å²) in [5.41, 5.74) is 5.05. The van der Waals surface area contributed by atoms with Crippen LogP contribution in [0.4, 0.5) is 16.4 Å². The molecule has 4 aromatic rings. The highest BCUT2D eigenvalue weighted by molar-refractivity contribution is 7.92. The average Bonchev–Trinajstić information content (AvgIpc) is 3.52. The lowest BCUT2D eigenvalue weighted by Gasteiger charge is -2.36. The van der Waals surface area contributed by atoms with Crippen LogP contribution in [0.1, 0.15) is 35.2 Å². The third-order valence-electron chi connectivity index (χ3n) is 8.37. The van der Waals surface area contributed by atoms with Gasteiger partial charge in [-0.1, -0.05) is 59.3 Å². The smallest absolute Gasteiger partial charge is 0.289 e. The van der Waals surface area contributed by atoms with Crippen molar-refractivity contribution >= 4 is 55.2 Å². The number of sulfonamides is 1. The Kier molecular flexibility index (Phi) is 10.7. The Balaban J connectivity index is 0.00000417. The summed E-state index contributed by atoms with van der Waals surface area (Å²) in [7, 11) is -4.15. The number of benzene rings is 3. The van der Waals surface area contributed by atoms with Gasteiger partial charge in [-0.3, -0.25) is 9.69 Å². The van der Waals surface area contributed by atoms with E-state index in [1.807, 2.05) is 34.3 Å². The maximum Gasteiger partial charge on any atom is 0.289 e. The van der Waals surface area contributed by atoms with Gasteiger partial charge < -0.3 is 15.3 Å². The number of amides is 1. The number of carbonyl (C=O) groups is 1. The van der Waals surface area contributed by atoms with Crippen molar-refractivity contribution in [2.45, 2.75) is 30.0 Å². The van der Waals surface area contributed by atoms with Crippen LogP contribution in [-0.2, 0) is 16.6 Å². The predicted octanol–water partition coefficient (Wildman–Crippen LogP) is 4.80. The minimum atomic E-state index is -4.15. The molecule has 0 aliphatic carbocycles. The number of halogens is 1. The summed E-state index contributed by atoms with van der Waals surface area (Å²) in [4.78, 5) is 31.2. The Hall–Kier alpha value is -3.81. The van der Waals surface area contributed by atoms with Gasteiger partial charge in [0.1, 0.15) is 4.21 Å². The van der Waals surface area contributed by atoms with Gasteiger partial charge in [-0.2, -0.15) is 0 Å². The van der Waals surface area contributed by atoms with E-state index in [9.17, 15) is 18.1 Å². The highest BCUT2D eigenvalue weighted by atomic mass is 35.5. The maximum atomic E-state index is 13.1. The van der Waals surface area contributed by atoms with Crippen molar-refractivity contribution in [3.05, 3.63) is 99.9 Å². The molecule has 46 heavy (non-hydrogen) atoms. The molecule has 0 spiro atoms. The number of anilines is 2. The summed E-state index contributed by atoms with van der Waals surface area (Å²) in [5.74, 6) is -0.713. The largest absolute Gasteiger partial charge is 0.870 e. The van der Waals surface area contributed by atoms with Crippen molar-refractivity contribution in [1.82, 2.24) is 9.62 Å². The summed E-state index contributed by atoms with van der Waals surface area (Å²) in [5, 5.41) is 3.18. The summed E-state index contributed by atoms with van der Waals surface area (Å²) in [6.45, 7) is 5.80. The Bertz CT molecular complexity index is 1770. The van der Waals surface area contributed by atoms with Gasteiger partial charge in [0, 0.05) is 78.2 Å². The number of hydrogen-bond acceptors (Lipinski definition) is 9. The van der Waals surface area contributed by atoms with E-state index in [4.69, 9.17) is 11.6 Å². The SMILES string of the molecule is O=[NH+]c1cc(S(=O)(=O)NC(=O)c2ccc(N3CCN(Cc4ccccc4-c4ccc(Cl)cc4)CC3)cc2)sc1N1CCCCC1.[OH-]. The standard InChI is InChI=1S/C33H34ClN5O4S2.H2O/c34-27-12-8-24(9-13-27)29-7-3-2-6-26(29)23-37-18-20-38(21-19-37)28-14-10-25(11-15-28)32(40)36-45(42,43)31-22-30(35-41)33(44-31)39-16-4-1-5-17-39;/h2-3,6-15,22H,1,4-5,16-21,23H2,(H,36,40);1H2. The number of nitroso groups, excluding NO2 is 1. The van der Waals surface area contributed by atoms with Gasteiger partial charge in [0.25, 0.3) is 21.6 Å². The second kappa shape index (κ2) is 14.7. The summed E-state index contributed by atoms with van der Waals surface area (Å²) >= 11 is 7.10. The van der Waals surface area contributed by atoms with Crippen LogP contribution in [0.15, 0.2) is 83.1 Å². The topological polar surface area (TPSA) is 134 Å². The second-order valence-electron chi connectivity index (χ2n) is 11.3. The molecule has 3 heterocycles. The highest BCUT2D eigenvalue weighted by Crippen LogP contribution is 2.37. The first-order chi connectivity index (χ1) is 21.8. The third-order valence-corrected chi connectivity index (χ3v) is 11.6. The van der Waals surface area contributed by atoms with Crippen molar-refractivity contribution in [2.75, 3.05) is 49.1 Å². The van der Waals surface area contributed by atoms with Gasteiger partial charge in [-0.25, -0.2) is 13.1 Å². The van der Waals surface area contributed by atoms with E-state index in [1.54, 1.807) is 12.1 Å². The minimum Gasteiger partial charge on any atom is -0.870 e. The zero-order valence-electron chi connectivity index (χ0n) is 25.2. The molecule has 1 amide bonds. The quantitative estimate of drug-likeness (QED) is 0.257. The van der Waals surface area contributed by atoms with E-state index < -0.39 is 15.9 Å². The zero-order valence-corrected chi connectivity index (χ0v) is 27.6. The number of carbonyl (C=O) groups excluding carboxylic acids is 1. The van der Waals surface area contributed by atoms with E-state index in [2.05, 4.69) is 50.9 Å². The van der Waals surface area contributed by atoms with Crippen LogP contribution in [0.2, 0.25) is 5.02 Å². The van der Waals surface area contributed by atoms with Crippen LogP contribution in [0, 0.1) is 4.91 Å². The molecule has 0 atom stereocenters. The van der Waals surface area contributed by atoms with Gasteiger partial charge in [0.2, 0.25) is 0 Å². The third kappa shape index (κ3) is 7.59. The van der Waals surface area contributed by atoms with Crippen molar-refractivity contribution in [2.24, 2.45) is 0 Å². The number of piperidine rings is 1. The lowest BCUT2D eigenvalue weighted by Crippen LogP contribution is -2.56. The second-order valence-corrected chi connectivity index (χ2v) is 14.7. The van der Waals surface area contributed by atoms with Gasteiger partial charge in [-0.05, 0) is 72.4 Å². The number of thiophene rings is 1. The fourth-order valence-electron chi connectivity index (χ4n) is 5.93. The number of nitrogens with one attached hydrogen (secondary N) is 2. The molecule has 6 rings (SSSR count). The molecule has 2 aliphatic rings. The lowest BCUT2D eigenvalue weighted by atomic mass is 9.99. The van der Waals surface area contributed by atoms with E-state index in [0.717, 1.165) is 92.7 Å². The zero-order chi connectivity index (χ0) is 31.4. The van der Waals surface area contributed by atoms with Crippen molar-refractivity contribution in [3.8, 4) is 11.1 Å². The normalized spacial score (nSPS) is 15.7. The van der Waals surface area contributed by atoms with Gasteiger partial charge in [0.05, 0.1) is 0 Å². The van der Waals surface area contributed by atoms with Crippen molar-refractivity contribution < 1.29 is 23.9 Å². The molecule has 2 fully saturated rings. The summed E-state index contributed by atoms with van der Waals surface area (Å²) in [6.07, 6.45) is 3.08. The van der Waals surface area contributed by atoms with Crippen LogP contribution in [0.5, 0.6) is 0 Å². The Morgan fingerprint density at radius 3 is 2.20 bits per heavy atom. The van der Waals surface area contributed by atoms with E-state index in [1.165, 1.54) is 17.2 Å². The van der Waals surface area contributed by atoms with Gasteiger partial charge in [-0.15, -0.1) is 0 Å². The highest BCUT2D eigenvalue weighted by Gasteiger charge is 2.29. The molecule has 0 radical (unpaired) electrons. The molecule has 3 N–H and O–H groups in total. The first-order valence-corrected chi connectivity index (χ1v) is 17.7. The van der Waals surface area contributed by atoms with Crippen LogP contribution in [-0.4, -0.2) is 64.0 Å². The first kappa shape index (κ1) is 33.6. The molecule has 242 valence electrons. The van der Waals surface area contributed by atoms with Crippen LogP contribution >= 0.6 is 22.9 Å². The predicted molar refractivity (Wildman–Crippen MR) is 182 cm³/mol. The molecule has 0 saturated carbocycles. The van der Waals surface area contributed by atoms with Gasteiger partial charge >= 0.3 is 0 Å². The molecule has 3 aromatic carbocycles. The molecule has 0 unspecified atom stereocenters. The average molecular weight is 682 g/mol. The molecule has 0 bridgehead atoms. The van der Waals surface area contributed by atoms with E-state index in [0.29, 0.717) is 5.00 Å². The molecule has 10 nitrogen and oxygen atoms in total. The summed E-state index contributed by atoms with van der Waals surface area (Å²) < 4.78 is 28.3. The summed E-state index contributed by atoms with van der Waals surface area (Å²) in [6, 6.07) is 24.7. The number of piperazine rings is 1. The fraction of sp³-hybridized carbons (Fsp3) is 0.303. The molecular formula is C33H36ClN5O5S2. The van der Waals surface area contributed by atoms with Crippen LogP contribution < -0.4 is 19.7 Å². The van der Waals surface area contributed by atoms with E-state index >= 15 is 0 Å². The van der Waals surface area contributed by atoms with Crippen LogP contribution in [0.25, 0.3) is 11.1 Å². The van der Waals surface area contributed by atoms with E-state index in [-0.39, 0.29) is 20.9 Å². The molecule has 13 heteroatoms. The van der Waals surface area contributed by atoms with Gasteiger partial charge in [0.15, 0.2) is 5.00 Å².